The molecule has 0 saturated carbocycles. The van der Waals surface area contributed by atoms with Gasteiger partial charge in [-0.2, -0.15) is 0 Å². The van der Waals surface area contributed by atoms with Crippen molar-refractivity contribution in [3.63, 3.8) is 0 Å². The Morgan fingerprint density at radius 2 is 1.33 bits per heavy atom. The first-order valence-corrected chi connectivity index (χ1v) is 9.31. The predicted molar refractivity (Wildman–Crippen MR) is 93.9 cm³/mol. The van der Waals surface area contributed by atoms with Crippen LogP contribution in [-0.4, -0.2) is 60.8 Å². The summed E-state index contributed by atoms with van der Waals surface area (Å²) in [6.07, 6.45) is 7.59. The Bertz CT molecular complexity index is 203. The second-order valence-electron chi connectivity index (χ2n) is 6.12. The molecule has 0 spiro atoms. The first-order valence-electron chi connectivity index (χ1n) is 9.31. The van der Waals surface area contributed by atoms with Gasteiger partial charge in [0.2, 0.25) is 0 Å². The minimum absolute atomic E-state index is 0.343. The first kappa shape index (κ1) is 20.9. The van der Waals surface area contributed by atoms with Crippen molar-refractivity contribution in [1.29, 1.82) is 0 Å². The van der Waals surface area contributed by atoms with Crippen LogP contribution in [0.1, 0.15) is 66.2 Å². The molecule has 1 atom stereocenters. The van der Waals surface area contributed by atoms with Gasteiger partial charge in [0, 0.05) is 32.8 Å². The highest BCUT2D eigenvalue weighted by atomic mass is 16.2. The Labute approximate surface area is 133 Å². The number of nitrogens with zero attached hydrogens (tertiary/aromatic N) is 2. The maximum atomic E-state index is 8.79. The van der Waals surface area contributed by atoms with Gasteiger partial charge in [0.25, 0.3) is 0 Å². The molecule has 1 aliphatic rings. The van der Waals surface area contributed by atoms with Crippen LogP contribution in [-0.2, 0) is 0 Å². The van der Waals surface area contributed by atoms with Gasteiger partial charge in [-0.15, -0.1) is 0 Å². The van der Waals surface area contributed by atoms with Crippen molar-refractivity contribution in [1.82, 2.24) is 9.80 Å². The largest absolute Gasteiger partial charge is 0.396 e. The van der Waals surface area contributed by atoms with E-state index in [4.69, 9.17) is 5.11 Å². The van der Waals surface area contributed by atoms with E-state index in [-0.39, 0.29) is 0 Å². The summed E-state index contributed by atoms with van der Waals surface area (Å²) in [5, 5.41) is 8.79. The second kappa shape index (κ2) is 14.8. The molecule has 1 aliphatic heterocycles. The van der Waals surface area contributed by atoms with Crippen LogP contribution in [0.4, 0.5) is 0 Å². The van der Waals surface area contributed by atoms with E-state index in [0.29, 0.717) is 6.61 Å². The number of rotatable bonds is 10. The Hall–Kier alpha value is -0.120. The van der Waals surface area contributed by atoms with Gasteiger partial charge < -0.3 is 14.9 Å². The summed E-state index contributed by atoms with van der Waals surface area (Å²) >= 11 is 0. The van der Waals surface area contributed by atoms with Crippen molar-refractivity contribution >= 4 is 0 Å². The molecule has 0 amide bonds. The lowest BCUT2D eigenvalue weighted by molar-refractivity contribution is 0.127. The van der Waals surface area contributed by atoms with E-state index in [9.17, 15) is 0 Å². The number of piperazine rings is 1. The van der Waals surface area contributed by atoms with Gasteiger partial charge in [-0.05, 0) is 38.3 Å². The van der Waals surface area contributed by atoms with Gasteiger partial charge in [0.15, 0.2) is 0 Å². The molecule has 0 aromatic heterocycles. The van der Waals surface area contributed by atoms with Gasteiger partial charge >= 0.3 is 0 Å². The zero-order valence-electron chi connectivity index (χ0n) is 15.1. The zero-order valence-corrected chi connectivity index (χ0v) is 15.1. The van der Waals surface area contributed by atoms with E-state index in [0.717, 1.165) is 18.8 Å². The van der Waals surface area contributed by atoms with Crippen LogP contribution < -0.4 is 0 Å². The highest BCUT2D eigenvalue weighted by molar-refractivity contribution is 4.71. The number of aliphatic hydroxyl groups is 1. The molecular formula is C18H40N2O. The number of hydrogen-bond donors (Lipinski definition) is 1. The molecule has 0 aliphatic carbocycles. The van der Waals surface area contributed by atoms with Gasteiger partial charge in [-0.25, -0.2) is 0 Å². The van der Waals surface area contributed by atoms with Crippen LogP contribution in [0, 0.1) is 5.92 Å². The first-order chi connectivity index (χ1) is 10.3. The third-order valence-electron chi connectivity index (χ3n) is 4.47. The maximum Gasteiger partial charge on any atom is 0.0431 e. The Morgan fingerprint density at radius 3 is 1.76 bits per heavy atom. The molecule has 21 heavy (non-hydrogen) atoms. The topological polar surface area (TPSA) is 26.7 Å². The van der Waals surface area contributed by atoms with Crippen molar-refractivity contribution in [3.05, 3.63) is 0 Å². The standard InChI is InChI=1S/C16H34N2O.C2H6/c1-3-16(2)8-4-5-9-17-11-13-18(14-12-17)10-6-7-15-19;1-2/h16,19H,3-15H2,1-2H3;1-2H3. The molecule has 3 nitrogen and oxygen atoms in total. The molecule has 1 heterocycles. The fourth-order valence-corrected chi connectivity index (χ4v) is 2.72. The maximum absolute atomic E-state index is 8.79. The monoisotopic (exact) mass is 300 g/mol. The summed E-state index contributed by atoms with van der Waals surface area (Å²) < 4.78 is 0. The van der Waals surface area contributed by atoms with Crippen LogP contribution in [0.5, 0.6) is 0 Å². The van der Waals surface area contributed by atoms with Crippen molar-refractivity contribution in [2.75, 3.05) is 45.9 Å². The van der Waals surface area contributed by atoms with E-state index in [2.05, 4.69) is 23.6 Å². The van der Waals surface area contributed by atoms with Crippen molar-refractivity contribution < 1.29 is 5.11 Å². The van der Waals surface area contributed by atoms with E-state index >= 15 is 0 Å². The second-order valence-corrected chi connectivity index (χ2v) is 6.12. The summed E-state index contributed by atoms with van der Waals surface area (Å²) in [7, 11) is 0. The quantitative estimate of drug-likeness (QED) is 0.624. The lowest BCUT2D eigenvalue weighted by Crippen LogP contribution is -2.46. The summed E-state index contributed by atoms with van der Waals surface area (Å²) in [5.41, 5.74) is 0. The predicted octanol–water partition coefficient (Wildman–Crippen LogP) is 3.62. The molecule has 0 radical (unpaired) electrons. The molecular weight excluding hydrogens is 260 g/mol. The van der Waals surface area contributed by atoms with E-state index in [1.807, 2.05) is 13.8 Å². The van der Waals surface area contributed by atoms with Gasteiger partial charge in [0.05, 0.1) is 0 Å². The molecule has 0 bridgehead atoms. The van der Waals surface area contributed by atoms with Crippen LogP contribution in [0.15, 0.2) is 0 Å². The summed E-state index contributed by atoms with van der Waals surface area (Å²) in [6, 6.07) is 0. The average molecular weight is 301 g/mol. The van der Waals surface area contributed by atoms with E-state index in [1.165, 1.54) is 65.0 Å². The fourth-order valence-electron chi connectivity index (χ4n) is 2.72. The Morgan fingerprint density at radius 1 is 0.857 bits per heavy atom. The minimum atomic E-state index is 0.343. The third kappa shape index (κ3) is 11.1. The van der Waals surface area contributed by atoms with Crippen molar-refractivity contribution in [2.45, 2.75) is 66.2 Å². The fraction of sp³-hybridized carbons (Fsp3) is 1.00. The van der Waals surface area contributed by atoms with Crippen molar-refractivity contribution in [3.8, 4) is 0 Å². The molecule has 3 heteroatoms. The summed E-state index contributed by atoms with van der Waals surface area (Å²) in [4.78, 5) is 5.17. The molecule has 1 fully saturated rings. The highest BCUT2D eigenvalue weighted by Crippen LogP contribution is 2.12. The van der Waals surface area contributed by atoms with Gasteiger partial charge in [-0.1, -0.05) is 47.0 Å². The smallest absolute Gasteiger partial charge is 0.0431 e. The SMILES string of the molecule is CC.CCC(C)CCCCN1CCN(CCCCO)CC1. The van der Waals surface area contributed by atoms with Crippen LogP contribution in [0.2, 0.25) is 0 Å². The van der Waals surface area contributed by atoms with E-state index < -0.39 is 0 Å². The van der Waals surface area contributed by atoms with Crippen LogP contribution in [0.3, 0.4) is 0 Å². The molecule has 128 valence electrons. The summed E-state index contributed by atoms with van der Waals surface area (Å²) in [6.45, 7) is 16.4. The van der Waals surface area contributed by atoms with Crippen LogP contribution in [0.25, 0.3) is 0 Å². The minimum Gasteiger partial charge on any atom is -0.396 e. The zero-order chi connectivity index (χ0) is 15.9. The third-order valence-corrected chi connectivity index (χ3v) is 4.47. The number of unbranched alkanes of at least 4 members (excludes halogenated alkanes) is 2. The summed E-state index contributed by atoms with van der Waals surface area (Å²) in [5.74, 6) is 0.906. The lowest BCUT2D eigenvalue weighted by atomic mass is 10.0. The van der Waals surface area contributed by atoms with Crippen molar-refractivity contribution in [2.24, 2.45) is 5.92 Å². The molecule has 1 unspecified atom stereocenters. The molecule has 0 aromatic rings. The number of hydrogen-bond acceptors (Lipinski definition) is 3. The highest BCUT2D eigenvalue weighted by Gasteiger charge is 2.15. The Balaban J connectivity index is 0.00000191. The molecule has 1 saturated heterocycles. The normalized spacial score (nSPS) is 18.1. The average Bonchev–Trinajstić information content (AvgIpc) is 2.55. The number of aliphatic hydroxyl groups excluding tert-OH is 1. The molecule has 1 rings (SSSR count). The molecule has 1 N–H and O–H groups in total. The molecule has 0 aromatic carbocycles. The Kier molecular flexibility index (Phi) is 14.7. The van der Waals surface area contributed by atoms with Gasteiger partial charge in [0.1, 0.15) is 0 Å². The van der Waals surface area contributed by atoms with E-state index in [1.54, 1.807) is 0 Å². The van der Waals surface area contributed by atoms with Crippen LogP contribution >= 0.6 is 0 Å². The van der Waals surface area contributed by atoms with Gasteiger partial charge in [-0.3, -0.25) is 0 Å². The lowest BCUT2D eigenvalue weighted by Gasteiger charge is -2.34.